The summed E-state index contributed by atoms with van der Waals surface area (Å²) in [7, 11) is 3.45. The highest BCUT2D eigenvalue weighted by atomic mass is 16.5. The maximum atomic E-state index is 6.18. The van der Waals surface area contributed by atoms with Gasteiger partial charge in [-0.15, -0.1) is 0 Å². The van der Waals surface area contributed by atoms with E-state index in [9.17, 15) is 0 Å². The van der Waals surface area contributed by atoms with Crippen LogP contribution in [-0.2, 0) is 11.2 Å². The summed E-state index contributed by atoms with van der Waals surface area (Å²) in [6.07, 6.45) is 5.70. The molecule has 4 nitrogen and oxygen atoms in total. The fraction of sp³-hybridized carbons (Fsp3) is 0.625. The van der Waals surface area contributed by atoms with Gasteiger partial charge >= 0.3 is 0 Å². The van der Waals surface area contributed by atoms with E-state index in [1.807, 2.05) is 18.2 Å². The first-order valence-electron chi connectivity index (χ1n) is 7.33. The molecule has 1 aliphatic carbocycles. The van der Waals surface area contributed by atoms with E-state index in [0.29, 0.717) is 12.6 Å². The molecule has 0 heterocycles. The van der Waals surface area contributed by atoms with E-state index in [0.717, 1.165) is 49.2 Å². The third kappa shape index (κ3) is 3.87. The minimum atomic E-state index is 0.235. The van der Waals surface area contributed by atoms with Crippen molar-refractivity contribution in [1.82, 2.24) is 0 Å². The van der Waals surface area contributed by atoms with Crippen LogP contribution < -0.4 is 15.2 Å². The van der Waals surface area contributed by atoms with Crippen LogP contribution in [0.3, 0.4) is 0 Å². The van der Waals surface area contributed by atoms with Crippen LogP contribution in [0.5, 0.6) is 11.5 Å². The van der Waals surface area contributed by atoms with Gasteiger partial charge in [0.1, 0.15) is 17.6 Å². The molecule has 1 aromatic carbocycles. The van der Waals surface area contributed by atoms with Crippen molar-refractivity contribution in [2.24, 2.45) is 5.73 Å². The van der Waals surface area contributed by atoms with Gasteiger partial charge < -0.3 is 19.9 Å². The molecule has 0 bridgehead atoms. The average Bonchev–Trinajstić information content (AvgIpc) is 2.49. The van der Waals surface area contributed by atoms with Gasteiger partial charge in [-0.3, -0.25) is 0 Å². The number of nitrogens with two attached hydrogens (primary N) is 1. The van der Waals surface area contributed by atoms with Gasteiger partial charge in [0, 0.05) is 13.5 Å². The lowest BCUT2D eigenvalue weighted by Gasteiger charge is -2.29. The molecule has 2 N–H and O–H groups in total. The molecule has 1 aliphatic rings. The van der Waals surface area contributed by atoms with Crippen molar-refractivity contribution in [1.29, 1.82) is 0 Å². The first kappa shape index (κ1) is 15.1. The van der Waals surface area contributed by atoms with E-state index in [2.05, 4.69) is 0 Å². The minimum Gasteiger partial charge on any atom is -0.497 e. The molecule has 112 valence electrons. The molecule has 0 saturated heterocycles. The first-order chi connectivity index (χ1) is 9.76. The van der Waals surface area contributed by atoms with Crippen molar-refractivity contribution in [3.8, 4) is 11.5 Å². The first-order valence-corrected chi connectivity index (χ1v) is 7.33. The molecule has 1 saturated carbocycles. The average molecular weight is 279 g/mol. The number of benzene rings is 1. The minimum absolute atomic E-state index is 0.235. The topological polar surface area (TPSA) is 53.7 Å². The van der Waals surface area contributed by atoms with E-state index >= 15 is 0 Å². The highest BCUT2D eigenvalue weighted by molar-refractivity contribution is 5.40. The van der Waals surface area contributed by atoms with Crippen molar-refractivity contribution >= 4 is 0 Å². The molecule has 2 rings (SSSR count). The second-order valence-corrected chi connectivity index (χ2v) is 5.28. The summed E-state index contributed by atoms with van der Waals surface area (Å²) in [4.78, 5) is 0. The molecule has 0 radical (unpaired) electrons. The Balaban J connectivity index is 2.07. The molecule has 1 fully saturated rings. The van der Waals surface area contributed by atoms with Crippen LogP contribution >= 0.6 is 0 Å². The molecule has 0 aliphatic heterocycles. The van der Waals surface area contributed by atoms with E-state index in [1.165, 1.54) is 0 Å². The summed E-state index contributed by atoms with van der Waals surface area (Å²) in [5, 5.41) is 0. The largest absolute Gasteiger partial charge is 0.497 e. The van der Waals surface area contributed by atoms with Gasteiger partial charge in [-0.2, -0.15) is 0 Å². The highest BCUT2D eigenvalue weighted by Gasteiger charge is 2.23. The Morgan fingerprint density at radius 3 is 2.70 bits per heavy atom. The number of hydrogen-bond acceptors (Lipinski definition) is 4. The van der Waals surface area contributed by atoms with E-state index < -0.39 is 0 Å². The van der Waals surface area contributed by atoms with E-state index in [-0.39, 0.29) is 6.10 Å². The summed E-state index contributed by atoms with van der Waals surface area (Å²) in [5.74, 6) is 1.78. The Bertz CT molecular complexity index is 422. The van der Waals surface area contributed by atoms with E-state index in [1.54, 1.807) is 14.2 Å². The van der Waals surface area contributed by atoms with Crippen LogP contribution in [0.1, 0.15) is 31.2 Å². The highest BCUT2D eigenvalue weighted by Crippen LogP contribution is 2.29. The number of hydrogen-bond donors (Lipinski definition) is 1. The van der Waals surface area contributed by atoms with Crippen molar-refractivity contribution in [2.45, 2.75) is 44.3 Å². The smallest absolute Gasteiger partial charge is 0.123 e. The molecule has 0 aromatic heterocycles. The van der Waals surface area contributed by atoms with Crippen LogP contribution in [0.2, 0.25) is 0 Å². The van der Waals surface area contributed by atoms with Crippen LogP contribution in [0.4, 0.5) is 0 Å². The Hall–Kier alpha value is -1.26. The lowest BCUT2D eigenvalue weighted by molar-refractivity contribution is 0.0206. The third-order valence-corrected chi connectivity index (χ3v) is 3.89. The molecule has 0 amide bonds. The second kappa shape index (κ2) is 7.50. The molecule has 2 unspecified atom stereocenters. The van der Waals surface area contributed by atoms with Crippen molar-refractivity contribution in [3.05, 3.63) is 23.8 Å². The number of ether oxygens (including phenoxy) is 3. The quantitative estimate of drug-likeness (QED) is 0.869. The third-order valence-electron chi connectivity index (χ3n) is 3.89. The molecular weight excluding hydrogens is 254 g/mol. The zero-order valence-corrected chi connectivity index (χ0v) is 12.4. The lowest BCUT2D eigenvalue weighted by Crippen LogP contribution is -2.29. The Kier molecular flexibility index (Phi) is 5.68. The van der Waals surface area contributed by atoms with Crippen molar-refractivity contribution < 1.29 is 14.2 Å². The second-order valence-electron chi connectivity index (χ2n) is 5.28. The van der Waals surface area contributed by atoms with Gasteiger partial charge in [-0.25, -0.2) is 0 Å². The molecule has 0 spiro atoms. The van der Waals surface area contributed by atoms with Crippen LogP contribution in [0.25, 0.3) is 0 Å². The molecule has 1 aromatic rings. The summed E-state index contributed by atoms with van der Waals surface area (Å²) >= 11 is 0. The Morgan fingerprint density at radius 2 is 2.00 bits per heavy atom. The van der Waals surface area contributed by atoms with E-state index in [4.69, 9.17) is 19.9 Å². The van der Waals surface area contributed by atoms with Crippen LogP contribution in [0, 0.1) is 0 Å². The Labute approximate surface area is 121 Å². The van der Waals surface area contributed by atoms with Gasteiger partial charge in [-0.1, -0.05) is 0 Å². The molecule has 4 heteroatoms. The number of methoxy groups -OCH3 is 2. The molecule has 2 atom stereocenters. The zero-order valence-electron chi connectivity index (χ0n) is 12.4. The standard InChI is InChI=1S/C16H25NO3/c1-18-13-4-3-5-15(11-13)20-16-7-6-14(19-2)10-12(16)8-9-17/h6-7,10,13,15H,3-5,8-9,11,17H2,1-2H3. The van der Waals surface area contributed by atoms with Gasteiger partial charge in [0.05, 0.1) is 13.2 Å². The fourth-order valence-electron chi connectivity index (χ4n) is 2.75. The zero-order chi connectivity index (χ0) is 14.4. The summed E-state index contributed by atoms with van der Waals surface area (Å²) in [6.45, 7) is 0.606. The normalized spacial score (nSPS) is 22.6. The predicted octanol–water partition coefficient (Wildman–Crippen LogP) is 2.53. The van der Waals surface area contributed by atoms with Crippen molar-refractivity contribution in [3.63, 3.8) is 0 Å². The lowest BCUT2D eigenvalue weighted by atomic mass is 9.94. The maximum absolute atomic E-state index is 6.18. The number of rotatable bonds is 6. The monoisotopic (exact) mass is 279 g/mol. The van der Waals surface area contributed by atoms with Gasteiger partial charge in [-0.05, 0) is 56.0 Å². The predicted molar refractivity (Wildman–Crippen MR) is 79.4 cm³/mol. The fourth-order valence-corrected chi connectivity index (χ4v) is 2.75. The van der Waals surface area contributed by atoms with Gasteiger partial charge in [0.15, 0.2) is 0 Å². The van der Waals surface area contributed by atoms with Gasteiger partial charge in [0.2, 0.25) is 0 Å². The van der Waals surface area contributed by atoms with Crippen LogP contribution in [0.15, 0.2) is 18.2 Å². The van der Waals surface area contributed by atoms with Crippen molar-refractivity contribution in [2.75, 3.05) is 20.8 Å². The summed E-state index contributed by atoms with van der Waals surface area (Å²) in [5.41, 5.74) is 6.80. The maximum Gasteiger partial charge on any atom is 0.123 e. The van der Waals surface area contributed by atoms with Gasteiger partial charge in [0.25, 0.3) is 0 Å². The van der Waals surface area contributed by atoms with Crippen LogP contribution in [-0.4, -0.2) is 33.0 Å². The summed E-state index contributed by atoms with van der Waals surface area (Å²) in [6, 6.07) is 5.94. The molecular formula is C16H25NO3. The SMILES string of the molecule is COc1ccc(OC2CCCC(OC)C2)c(CCN)c1. The Morgan fingerprint density at radius 1 is 1.20 bits per heavy atom. The summed E-state index contributed by atoms with van der Waals surface area (Å²) < 4.78 is 16.9. The molecule has 20 heavy (non-hydrogen) atoms.